The van der Waals surface area contributed by atoms with Gasteiger partial charge in [0.25, 0.3) is 8.53 Å². The Labute approximate surface area is 95.0 Å². The third-order valence-electron chi connectivity index (χ3n) is 1.58. The molecule has 15 heavy (non-hydrogen) atoms. The average Bonchev–Trinajstić information content (AvgIpc) is 2.01. The van der Waals surface area contributed by atoms with Crippen molar-refractivity contribution in [3.05, 3.63) is 0 Å². The number of carbonyl (C=O) groups excluding carboxylic acids is 1. The molecule has 0 aromatic heterocycles. The maximum Gasteiger partial charge on any atom is 0.283 e. The summed E-state index contributed by atoms with van der Waals surface area (Å²) in [6, 6.07) is 0. The molecule has 0 unspecified atom stereocenters. The van der Waals surface area contributed by atoms with Crippen LogP contribution in [0, 0.1) is 0 Å². The van der Waals surface area contributed by atoms with E-state index >= 15 is 0 Å². The van der Waals surface area contributed by atoms with E-state index in [0.29, 0.717) is 13.2 Å². The van der Waals surface area contributed by atoms with E-state index in [1.807, 2.05) is 18.2 Å². The van der Waals surface area contributed by atoms with Crippen LogP contribution in [0.4, 0.5) is 0 Å². The molecule has 0 aliphatic heterocycles. The van der Waals surface area contributed by atoms with Crippen molar-refractivity contribution >= 4 is 22.7 Å². The van der Waals surface area contributed by atoms with E-state index in [1.54, 1.807) is 6.92 Å². The summed E-state index contributed by atoms with van der Waals surface area (Å²) < 4.78 is 12.8. The second kappa shape index (κ2) is 6.58. The minimum absolute atomic E-state index is 0.0437. The smallest absolute Gasteiger partial charge is 0.283 e. The molecule has 6 heteroatoms. The predicted molar refractivity (Wildman–Crippen MR) is 66.0 cm³/mol. The Morgan fingerprint density at radius 3 is 1.80 bits per heavy atom. The standard InChI is InChI=1S/C9H22NO3PSi/c1-7-12-14(13-8-2)10(9(3)11)15(4,5)6/h7-8H2,1-6H3. The first-order valence-corrected chi connectivity index (χ1v) is 9.79. The molecule has 0 N–H and O–H groups in total. The predicted octanol–water partition coefficient (Wildman–Crippen LogP) is 2.97. The maximum absolute atomic E-state index is 11.6. The summed E-state index contributed by atoms with van der Waals surface area (Å²) in [5, 5.41) is 0. The molecule has 0 saturated carbocycles. The zero-order valence-corrected chi connectivity index (χ0v) is 12.4. The molecule has 0 aromatic carbocycles. The summed E-state index contributed by atoms with van der Waals surface area (Å²) in [6.07, 6.45) is 0. The first kappa shape index (κ1) is 15.0. The quantitative estimate of drug-likeness (QED) is 0.538. The number of carbonyl (C=O) groups is 1. The summed E-state index contributed by atoms with van der Waals surface area (Å²) in [7, 11) is -2.93. The highest BCUT2D eigenvalue weighted by molar-refractivity contribution is 7.48. The lowest BCUT2D eigenvalue weighted by atomic mass is 10.8. The average molecular weight is 251 g/mol. The molecule has 0 bridgehead atoms. The second-order valence-electron chi connectivity index (χ2n) is 4.08. The van der Waals surface area contributed by atoms with Gasteiger partial charge < -0.3 is 13.4 Å². The topological polar surface area (TPSA) is 38.8 Å². The van der Waals surface area contributed by atoms with E-state index in [0.717, 1.165) is 0 Å². The van der Waals surface area contributed by atoms with Crippen LogP contribution in [0.1, 0.15) is 20.8 Å². The number of amides is 1. The molecule has 0 aromatic rings. The molecule has 0 saturated heterocycles. The molecular formula is C9H22NO3PSi. The molecular weight excluding hydrogens is 229 g/mol. The van der Waals surface area contributed by atoms with E-state index in [-0.39, 0.29) is 5.91 Å². The Bertz CT molecular complexity index is 202. The fourth-order valence-corrected chi connectivity index (χ4v) is 5.43. The van der Waals surface area contributed by atoms with E-state index in [4.69, 9.17) is 9.05 Å². The fraction of sp³-hybridized carbons (Fsp3) is 0.889. The molecule has 0 fully saturated rings. The fourth-order valence-electron chi connectivity index (χ4n) is 1.21. The van der Waals surface area contributed by atoms with Crippen LogP contribution in [0.2, 0.25) is 19.6 Å². The largest absolute Gasteiger partial charge is 0.318 e. The number of nitrogens with zero attached hydrogens (tertiary/aromatic N) is 1. The van der Waals surface area contributed by atoms with Crippen molar-refractivity contribution in [3.8, 4) is 0 Å². The zero-order valence-electron chi connectivity index (χ0n) is 10.5. The van der Waals surface area contributed by atoms with Crippen LogP contribution in [0.25, 0.3) is 0 Å². The van der Waals surface area contributed by atoms with Crippen LogP contribution in [-0.2, 0) is 13.8 Å². The number of hydrogen-bond donors (Lipinski definition) is 0. The Morgan fingerprint density at radius 1 is 1.20 bits per heavy atom. The van der Waals surface area contributed by atoms with Crippen molar-refractivity contribution in [3.63, 3.8) is 0 Å². The summed E-state index contributed by atoms with van der Waals surface area (Å²) >= 11 is 0. The Kier molecular flexibility index (Phi) is 6.60. The van der Waals surface area contributed by atoms with Gasteiger partial charge in [0, 0.05) is 6.92 Å². The first-order chi connectivity index (χ1) is 6.84. The van der Waals surface area contributed by atoms with Gasteiger partial charge in [-0.1, -0.05) is 19.6 Å². The normalized spacial score (nSPS) is 11.9. The van der Waals surface area contributed by atoms with Gasteiger partial charge in [-0.25, -0.2) is 0 Å². The van der Waals surface area contributed by atoms with E-state index in [2.05, 4.69) is 19.6 Å². The molecule has 0 aliphatic rings. The van der Waals surface area contributed by atoms with Gasteiger partial charge >= 0.3 is 0 Å². The third-order valence-corrected chi connectivity index (χ3v) is 7.02. The van der Waals surface area contributed by atoms with E-state index < -0.39 is 16.8 Å². The highest BCUT2D eigenvalue weighted by Gasteiger charge is 2.35. The minimum atomic E-state index is -1.72. The molecule has 0 heterocycles. The molecule has 0 radical (unpaired) electrons. The van der Waals surface area contributed by atoms with Gasteiger partial charge in [0.15, 0.2) is 8.24 Å². The lowest BCUT2D eigenvalue weighted by molar-refractivity contribution is -0.122. The van der Waals surface area contributed by atoms with Gasteiger partial charge in [-0.3, -0.25) is 4.79 Å². The molecule has 0 aliphatic carbocycles. The van der Waals surface area contributed by atoms with Gasteiger partial charge in [0.1, 0.15) is 0 Å². The third kappa shape index (κ3) is 5.07. The minimum Gasteiger partial charge on any atom is -0.318 e. The lowest BCUT2D eigenvalue weighted by Gasteiger charge is -2.37. The van der Waals surface area contributed by atoms with Crippen molar-refractivity contribution < 1.29 is 13.8 Å². The van der Waals surface area contributed by atoms with Crippen LogP contribution in [-0.4, -0.2) is 31.7 Å². The Hall–Kier alpha value is 0.0369. The van der Waals surface area contributed by atoms with Crippen molar-refractivity contribution in [2.24, 2.45) is 0 Å². The van der Waals surface area contributed by atoms with Gasteiger partial charge in [-0.15, -0.1) is 0 Å². The summed E-state index contributed by atoms with van der Waals surface area (Å²) in [6.45, 7) is 12.9. The SMILES string of the molecule is CCOP(OCC)N(C(C)=O)[Si](C)(C)C. The Morgan fingerprint density at radius 2 is 1.60 bits per heavy atom. The second-order valence-corrected chi connectivity index (χ2v) is 10.6. The number of hydrogen-bond acceptors (Lipinski definition) is 3. The molecule has 1 amide bonds. The van der Waals surface area contributed by atoms with E-state index in [1.165, 1.54) is 0 Å². The van der Waals surface area contributed by atoms with Crippen molar-refractivity contribution in [2.45, 2.75) is 40.4 Å². The monoisotopic (exact) mass is 251 g/mol. The first-order valence-electron chi connectivity index (χ1n) is 5.21. The van der Waals surface area contributed by atoms with Gasteiger partial charge in [-0.2, -0.15) is 0 Å². The highest BCUT2D eigenvalue weighted by atomic mass is 31.2. The lowest BCUT2D eigenvalue weighted by Crippen LogP contribution is -2.45. The van der Waals surface area contributed by atoms with Crippen molar-refractivity contribution in [1.29, 1.82) is 0 Å². The summed E-state index contributed by atoms with van der Waals surface area (Å²) in [4.78, 5) is 11.6. The highest BCUT2D eigenvalue weighted by Crippen LogP contribution is 2.45. The molecule has 0 atom stereocenters. The molecule has 0 rings (SSSR count). The van der Waals surface area contributed by atoms with Gasteiger partial charge in [0.05, 0.1) is 13.2 Å². The molecule has 0 spiro atoms. The molecule has 4 nitrogen and oxygen atoms in total. The Balaban J connectivity index is 4.75. The van der Waals surface area contributed by atoms with Crippen LogP contribution >= 0.6 is 8.53 Å². The van der Waals surface area contributed by atoms with Gasteiger partial charge in [-0.05, 0) is 13.8 Å². The van der Waals surface area contributed by atoms with E-state index in [9.17, 15) is 4.79 Å². The summed E-state index contributed by atoms with van der Waals surface area (Å²) in [5.41, 5.74) is 0. The van der Waals surface area contributed by atoms with Crippen molar-refractivity contribution in [2.75, 3.05) is 13.2 Å². The van der Waals surface area contributed by atoms with Crippen molar-refractivity contribution in [1.82, 2.24) is 4.34 Å². The number of rotatable bonds is 6. The van der Waals surface area contributed by atoms with Crippen LogP contribution in [0.5, 0.6) is 0 Å². The van der Waals surface area contributed by atoms with Gasteiger partial charge in [0.2, 0.25) is 5.91 Å². The van der Waals surface area contributed by atoms with Crippen LogP contribution < -0.4 is 0 Å². The van der Waals surface area contributed by atoms with Crippen LogP contribution in [0.15, 0.2) is 0 Å². The van der Waals surface area contributed by atoms with Crippen LogP contribution in [0.3, 0.4) is 0 Å². The maximum atomic E-state index is 11.6. The molecule has 90 valence electrons. The summed E-state index contributed by atoms with van der Waals surface area (Å²) in [5.74, 6) is 0.0437. The zero-order chi connectivity index (χ0) is 12.1.